The molecule has 1 aliphatic rings. The SMILES string of the molecule is CCOC(=O)C=Cc1ccc(C(C)(C)C)cc1OCCN1CCCCC1. The van der Waals surface area contributed by atoms with Crippen molar-refractivity contribution in [2.75, 3.05) is 32.8 Å². The van der Waals surface area contributed by atoms with Gasteiger partial charge in [0.15, 0.2) is 0 Å². The summed E-state index contributed by atoms with van der Waals surface area (Å²) in [5, 5.41) is 0. The first-order valence-corrected chi connectivity index (χ1v) is 9.74. The fourth-order valence-electron chi connectivity index (χ4n) is 3.08. The maximum Gasteiger partial charge on any atom is 0.330 e. The molecule has 0 N–H and O–H groups in total. The number of carbonyl (C=O) groups is 1. The standard InChI is InChI=1S/C22H33NO3/c1-5-25-21(24)12-10-18-9-11-19(22(2,3)4)17-20(18)26-16-15-23-13-7-6-8-14-23/h9-12,17H,5-8,13-16H2,1-4H3. The highest BCUT2D eigenvalue weighted by Gasteiger charge is 2.16. The largest absolute Gasteiger partial charge is 0.492 e. The van der Waals surface area contributed by atoms with Crippen LogP contribution < -0.4 is 4.74 Å². The third-order valence-corrected chi connectivity index (χ3v) is 4.68. The van der Waals surface area contributed by atoms with Crippen molar-refractivity contribution in [2.45, 2.75) is 52.4 Å². The lowest BCUT2D eigenvalue weighted by atomic mass is 9.86. The second-order valence-corrected chi connectivity index (χ2v) is 7.84. The number of hydrogen-bond acceptors (Lipinski definition) is 4. The maximum atomic E-state index is 11.6. The van der Waals surface area contributed by atoms with Crippen molar-refractivity contribution < 1.29 is 14.3 Å². The fourth-order valence-corrected chi connectivity index (χ4v) is 3.08. The topological polar surface area (TPSA) is 38.8 Å². The Labute approximate surface area is 158 Å². The van der Waals surface area contributed by atoms with Crippen molar-refractivity contribution in [2.24, 2.45) is 0 Å². The molecule has 0 spiro atoms. The number of likely N-dealkylation sites (tertiary alicyclic amines) is 1. The molecule has 1 aliphatic heterocycles. The predicted octanol–water partition coefficient (Wildman–Crippen LogP) is 4.43. The van der Waals surface area contributed by atoms with E-state index in [9.17, 15) is 4.79 Å². The van der Waals surface area contributed by atoms with Gasteiger partial charge in [-0.2, -0.15) is 0 Å². The van der Waals surface area contributed by atoms with Crippen LogP contribution >= 0.6 is 0 Å². The van der Waals surface area contributed by atoms with E-state index < -0.39 is 0 Å². The second-order valence-electron chi connectivity index (χ2n) is 7.84. The normalized spacial score (nSPS) is 16.0. The average molecular weight is 360 g/mol. The molecular weight excluding hydrogens is 326 g/mol. The Morgan fingerprint density at radius 2 is 1.92 bits per heavy atom. The minimum Gasteiger partial charge on any atom is -0.492 e. The van der Waals surface area contributed by atoms with Gasteiger partial charge in [0.25, 0.3) is 0 Å². The van der Waals surface area contributed by atoms with Crippen molar-refractivity contribution in [3.63, 3.8) is 0 Å². The summed E-state index contributed by atoms with van der Waals surface area (Å²) in [6, 6.07) is 6.22. The van der Waals surface area contributed by atoms with Crippen LogP contribution in [0.1, 0.15) is 58.1 Å². The molecule has 0 amide bonds. The monoisotopic (exact) mass is 359 g/mol. The van der Waals surface area contributed by atoms with Crippen LogP contribution in [0.2, 0.25) is 0 Å². The minimum atomic E-state index is -0.327. The Bertz CT molecular complexity index is 610. The van der Waals surface area contributed by atoms with E-state index in [4.69, 9.17) is 9.47 Å². The Hall–Kier alpha value is -1.81. The van der Waals surface area contributed by atoms with Gasteiger partial charge in [-0.3, -0.25) is 4.90 Å². The maximum absolute atomic E-state index is 11.6. The zero-order valence-corrected chi connectivity index (χ0v) is 16.7. The number of carbonyl (C=O) groups excluding carboxylic acids is 1. The van der Waals surface area contributed by atoms with E-state index in [2.05, 4.69) is 37.8 Å². The smallest absolute Gasteiger partial charge is 0.330 e. The van der Waals surface area contributed by atoms with Crippen LogP contribution in [0.3, 0.4) is 0 Å². The quantitative estimate of drug-likeness (QED) is 0.533. The van der Waals surface area contributed by atoms with Gasteiger partial charge in [-0.15, -0.1) is 0 Å². The van der Waals surface area contributed by atoms with Crippen LogP contribution in [-0.2, 0) is 14.9 Å². The first kappa shape index (κ1) is 20.5. The molecule has 2 rings (SSSR count). The van der Waals surface area contributed by atoms with Crippen LogP contribution in [0.25, 0.3) is 6.08 Å². The first-order valence-electron chi connectivity index (χ1n) is 9.74. The van der Waals surface area contributed by atoms with Gasteiger partial charge in [-0.05, 0) is 56.0 Å². The highest BCUT2D eigenvalue weighted by molar-refractivity contribution is 5.87. The summed E-state index contributed by atoms with van der Waals surface area (Å²) < 4.78 is 11.1. The van der Waals surface area contributed by atoms with Crippen molar-refractivity contribution in [1.29, 1.82) is 0 Å². The predicted molar refractivity (Wildman–Crippen MR) is 107 cm³/mol. The minimum absolute atomic E-state index is 0.0500. The fraction of sp³-hybridized carbons (Fsp3) is 0.591. The van der Waals surface area contributed by atoms with E-state index >= 15 is 0 Å². The number of benzene rings is 1. The number of hydrogen-bond donors (Lipinski definition) is 0. The lowest BCUT2D eigenvalue weighted by molar-refractivity contribution is -0.137. The molecule has 0 bridgehead atoms. The third kappa shape index (κ3) is 6.49. The van der Waals surface area contributed by atoms with Crippen molar-refractivity contribution in [3.05, 3.63) is 35.4 Å². The molecule has 0 aliphatic carbocycles. The molecule has 0 saturated carbocycles. The molecule has 144 valence electrons. The molecule has 1 aromatic rings. The van der Waals surface area contributed by atoms with Crippen molar-refractivity contribution >= 4 is 12.0 Å². The van der Waals surface area contributed by atoms with Crippen LogP contribution in [0.4, 0.5) is 0 Å². The lowest BCUT2D eigenvalue weighted by Gasteiger charge is -2.26. The number of ether oxygens (including phenoxy) is 2. The molecule has 0 atom stereocenters. The van der Waals surface area contributed by atoms with Gasteiger partial charge < -0.3 is 9.47 Å². The van der Waals surface area contributed by atoms with E-state index in [1.807, 2.05) is 6.07 Å². The van der Waals surface area contributed by atoms with Crippen LogP contribution in [-0.4, -0.2) is 43.7 Å². The Morgan fingerprint density at radius 3 is 2.58 bits per heavy atom. The Morgan fingerprint density at radius 1 is 1.19 bits per heavy atom. The van der Waals surface area contributed by atoms with E-state index in [1.54, 1.807) is 13.0 Å². The van der Waals surface area contributed by atoms with E-state index in [-0.39, 0.29) is 11.4 Å². The molecule has 1 heterocycles. The average Bonchev–Trinajstić information content (AvgIpc) is 2.61. The molecule has 0 aromatic heterocycles. The van der Waals surface area contributed by atoms with Crippen LogP contribution in [0.5, 0.6) is 5.75 Å². The zero-order chi connectivity index (χ0) is 19.0. The van der Waals surface area contributed by atoms with E-state index in [0.29, 0.717) is 13.2 Å². The molecule has 4 nitrogen and oxygen atoms in total. The molecule has 0 radical (unpaired) electrons. The summed E-state index contributed by atoms with van der Waals surface area (Å²) in [5.41, 5.74) is 2.18. The summed E-state index contributed by atoms with van der Waals surface area (Å²) >= 11 is 0. The summed E-state index contributed by atoms with van der Waals surface area (Å²) in [5.74, 6) is 0.502. The lowest BCUT2D eigenvalue weighted by Crippen LogP contribution is -2.33. The molecular formula is C22H33NO3. The van der Waals surface area contributed by atoms with Crippen molar-refractivity contribution in [1.82, 2.24) is 4.90 Å². The van der Waals surface area contributed by atoms with Crippen LogP contribution in [0.15, 0.2) is 24.3 Å². The van der Waals surface area contributed by atoms with Gasteiger partial charge in [0.05, 0.1) is 6.61 Å². The van der Waals surface area contributed by atoms with Crippen molar-refractivity contribution in [3.8, 4) is 5.75 Å². The van der Waals surface area contributed by atoms with Gasteiger partial charge in [0.2, 0.25) is 0 Å². The van der Waals surface area contributed by atoms with Gasteiger partial charge in [0, 0.05) is 18.2 Å². The van der Waals surface area contributed by atoms with Gasteiger partial charge in [-0.25, -0.2) is 4.79 Å². The Balaban J connectivity index is 2.09. The summed E-state index contributed by atoms with van der Waals surface area (Å²) in [6.07, 6.45) is 7.15. The molecule has 4 heteroatoms. The van der Waals surface area contributed by atoms with Crippen LogP contribution in [0, 0.1) is 0 Å². The zero-order valence-electron chi connectivity index (χ0n) is 16.7. The van der Waals surface area contributed by atoms with E-state index in [1.165, 1.54) is 44.0 Å². The molecule has 1 aromatic carbocycles. The Kier molecular flexibility index (Phi) is 7.70. The summed E-state index contributed by atoms with van der Waals surface area (Å²) in [7, 11) is 0. The molecule has 1 saturated heterocycles. The molecule has 0 unspecified atom stereocenters. The summed E-state index contributed by atoms with van der Waals surface area (Å²) in [6.45, 7) is 12.7. The third-order valence-electron chi connectivity index (χ3n) is 4.68. The molecule has 1 fully saturated rings. The van der Waals surface area contributed by atoms with Gasteiger partial charge >= 0.3 is 5.97 Å². The highest BCUT2D eigenvalue weighted by Crippen LogP contribution is 2.29. The highest BCUT2D eigenvalue weighted by atomic mass is 16.5. The number of nitrogens with zero attached hydrogens (tertiary/aromatic N) is 1. The molecule has 26 heavy (non-hydrogen) atoms. The second kappa shape index (κ2) is 9.77. The number of piperidine rings is 1. The first-order chi connectivity index (χ1) is 12.4. The van der Waals surface area contributed by atoms with Gasteiger partial charge in [-0.1, -0.05) is 39.3 Å². The number of rotatable bonds is 7. The van der Waals surface area contributed by atoms with Gasteiger partial charge in [0.1, 0.15) is 12.4 Å². The number of esters is 1. The van der Waals surface area contributed by atoms with E-state index in [0.717, 1.165) is 17.9 Å². The summed E-state index contributed by atoms with van der Waals surface area (Å²) in [4.78, 5) is 14.1.